The molecule has 0 saturated heterocycles. The Kier molecular flexibility index (Phi) is 5.64. The summed E-state index contributed by atoms with van der Waals surface area (Å²) in [7, 11) is 0. The average Bonchev–Trinajstić information content (AvgIpc) is 2.70. The molecule has 6 heteroatoms. The number of carbonyl (C=O) groups excluding carboxylic acids is 1. The van der Waals surface area contributed by atoms with Gasteiger partial charge in [-0.15, -0.1) is 0 Å². The Morgan fingerprint density at radius 2 is 2.28 bits per heavy atom. The lowest BCUT2D eigenvalue weighted by Gasteiger charge is -2.10. The van der Waals surface area contributed by atoms with Gasteiger partial charge in [-0.3, -0.25) is 9.59 Å². The molecule has 18 heavy (non-hydrogen) atoms. The summed E-state index contributed by atoms with van der Waals surface area (Å²) in [5.74, 6) is -0.581. The maximum absolute atomic E-state index is 11.5. The summed E-state index contributed by atoms with van der Waals surface area (Å²) in [6.07, 6.45) is 3.34. The van der Waals surface area contributed by atoms with E-state index in [1.54, 1.807) is 25.1 Å². The molecule has 2 N–H and O–H groups in total. The molecule has 0 fully saturated rings. The number of carbonyl (C=O) groups is 2. The number of amides is 1. The summed E-state index contributed by atoms with van der Waals surface area (Å²) in [5.41, 5.74) is 0. The quantitative estimate of drug-likeness (QED) is 0.790. The van der Waals surface area contributed by atoms with Crippen LogP contribution in [0, 0.1) is 0 Å². The highest BCUT2D eigenvalue weighted by Gasteiger charge is 2.07. The Morgan fingerprint density at radius 3 is 2.83 bits per heavy atom. The van der Waals surface area contributed by atoms with E-state index in [1.807, 2.05) is 0 Å². The lowest BCUT2D eigenvalue weighted by molar-refractivity contribution is -0.137. The Balaban J connectivity index is 2.37. The van der Waals surface area contributed by atoms with Crippen LogP contribution in [0.4, 0.5) is 0 Å². The van der Waals surface area contributed by atoms with E-state index in [1.165, 1.54) is 6.08 Å². The minimum absolute atomic E-state index is 0.0380. The van der Waals surface area contributed by atoms with Gasteiger partial charge in [0.25, 0.3) is 0 Å². The van der Waals surface area contributed by atoms with Gasteiger partial charge < -0.3 is 14.8 Å². The molecule has 98 valence electrons. The summed E-state index contributed by atoms with van der Waals surface area (Å²) in [5, 5.41) is 11.2. The Bertz CT molecular complexity index is 453. The van der Waals surface area contributed by atoms with Crippen molar-refractivity contribution in [3.63, 3.8) is 0 Å². The fraction of sp³-hybridized carbons (Fsp3) is 0.333. The zero-order valence-electron chi connectivity index (χ0n) is 9.85. The van der Waals surface area contributed by atoms with Gasteiger partial charge in [-0.1, -0.05) is 0 Å². The lowest BCUT2D eigenvalue weighted by atomic mass is 10.2. The molecule has 0 aliphatic rings. The smallest absolute Gasteiger partial charge is 0.303 e. The van der Waals surface area contributed by atoms with Crippen LogP contribution in [0.5, 0.6) is 0 Å². The number of hydrogen-bond donors (Lipinski definition) is 2. The second kappa shape index (κ2) is 7.00. The van der Waals surface area contributed by atoms with Gasteiger partial charge in [0.1, 0.15) is 5.76 Å². The maximum atomic E-state index is 11.5. The molecule has 0 aliphatic carbocycles. The molecule has 0 aromatic carbocycles. The van der Waals surface area contributed by atoms with Crippen LogP contribution in [-0.4, -0.2) is 23.0 Å². The highest BCUT2D eigenvalue weighted by atomic mass is 79.9. The van der Waals surface area contributed by atoms with Crippen LogP contribution >= 0.6 is 15.9 Å². The van der Waals surface area contributed by atoms with Gasteiger partial charge >= 0.3 is 5.97 Å². The molecular weight excluding hydrogens is 302 g/mol. The maximum Gasteiger partial charge on any atom is 0.303 e. The summed E-state index contributed by atoms with van der Waals surface area (Å²) in [4.78, 5) is 21.8. The van der Waals surface area contributed by atoms with Crippen molar-refractivity contribution in [2.24, 2.45) is 0 Å². The number of rotatable bonds is 6. The number of halogens is 1. The second-order valence-electron chi connectivity index (χ2n) is 3.82. The fourth-order valence-corrected chi connectivity index (χ4v) is 1.60. The van der Waals surface area contributed by atoms with Gasteiger partial charge in [-0.2, -0.15) is 0 Å². The monoisotopic (exact) mass is 315 g/mol. The molecule has 0 saturated carbocycles. The summed E-state index contributed by atoms with van der Waals surface area (Å²) in [6, 6.07) is 3.27. The summed E-state index contributed by atoms with van der Waals surface area (Å²) >= 11 is 3.16. The van der Waals surface area contributed by atoms with E-state index in [0.717, 1.165) is 0 Å². The van der Waals surface area contributed by atoms with E-state index in [0.29, 0.717) is 16.9 Å². The molecule has 0 aliphatic heterocycles. The van der Waals surface area contributed by atoms with Crippen LogP contribution in [0.2, 0.25) is 0 Å². The first-order valence-electron chi connectivity index (χ1n) is 5.43. The Hall–Kier alpha value is -1.56. The molecule has 0 radical (unpaired) electrons. The molecule has 1 unspecified atom stereocenters. The van der Waals surface area contributed by atoms with Gasteiger partial charge in [0, 0.05) is 18.5 Å². The Morgan fingerprint density at radius 1 is 1.56 bits per heavy atom. The highest BCUT2D eigenvalue weighted by Crippen LogP contribution is 2.14. The van der Waals surface area contributed by atoms with E-state index in [-0.39, 0.29) is 18.4 Å². The fourth-order valence-electron chi connectivity index (χ4n) is 1.28. The second-order valence-corrected chi connectivity index (χ2v) is 4.60. The highest BCUT2D eigenvalue weighted by molar-refractivity contribution is 9.10. The van der Waals surface area contributed by atoms with Crippen LogP contribution in [-0.2, 0) is 9.59 Å². The molecule has 1 rings (SSSR count). The SMILES string of the molecule is CC(CCC(=O)O)NC(=O)C=Cc1ccc(Br)o1. The average molecular weight is 316 g/mol. The van der Waals surface area contributed by atoms with E-state index < -0.39 is 5.97 Å². The molecule has 1 atom stereocenters. The van der Waals surface area contributed by atoms with Crippen LogP contribution < -0.4 is 5.32 Å². The zero-order valence-corrected chi connectivity index (χ0v) is 11.4. The van der Waals surface area contributed by atoms with Crippen molar-refractivity contribution in [2.75, 3.05) is 0 Å². The first kappa shape index (κ1) is 14.5. The molecule has 1 aromatic rings. The lowest BCUT2D eigenvalue weighted by Crippen LogP contribution is -2.31. The van der Waals surface area contributed by atoms with Gasteiger partial charge in [-0.25, -0.2) is 0 Å². The van der Waals surface area contributed by atoms with Gasteiger partial charge in [-0.05, 0) is 47.5 Å². The third-order valence-corrected chi connectivity index (χ3v) is 2.60. The van der Waals surface area contributed by atoms with E-state index in [4.69, 9.17) is 9.52 Å². The van der Waals surface area contributed by atoms with Crippen LogP contribution in [0.1, 0.15) is 25.5 Å². The standard InChI is InChI=1S/C12H14BrNO4/c1-8(2-7-12(16)17)14-11(15)6-4-9-3-5-10(13)18-9/h3-6,8H,2,7H2,1H3,(H,14,15)(H,16,17). The number of hydrogen-bond acceptors (Lipinski definition) is 3. The molecule has 0 spiro atoms. The first-order chi connectivity index (χ1) is 8.47. The summed E-state index contributed by atoms with van der Waals surface area (Å²) in [6.45, 7) is 1.76. The summed E-state index contributed by atoms with van der Waals surface area (Å²) < 4.78 is 5.78. The molecule has 5 nitrogen and oxygen atoms in total. The van der Waals surface area contributed by atoms with Crippen molar-refractivity contribution in [1.82, 2.24) is 5.32 Å². The van der Waals surface area contributed by atoms with Gasteiger partial charge in [0.05, 0.1) is 0 Å². The van der Waals surface area contributed by atoms with Crippen LogP contribution in [0.25, 0.3) is 6.08 Å². The Labute approximate surface area is 113 Å². The third-order valence-electron chi connectivity index (χ3n) is 2.17. The molecule has 1 aromatic heterocycles. The zero-order chi connectivity index (χ0) is 13.5. The minimum Gasteiger partial charge on any atom is -0.481 e. The predicted octanol–water partition coefficient (Wildman–Crippen LogP) is 2.42. The molecular formula is C12H14BrNO4. The third kappa shape index (κ3) is 5.67. The van der Waals surface area contributed by atoms with Gasteiger partial charge in [0.15, 0.2) is 4.67 Å². The predicted molar refractivity (Wildman–Crippen MR) is 69.9 cm³/mol. The van der Waals surface area contributed by atoms with E-state index in [2.05, 4.69) is 21.2 Å². The van der Waals surface area contributed by atoms with Gasteiger partial charge in [0.2, 0.25) is 5.91 Å². The number of nitrogens with one attached hydrogen (secondary N) is 1. The van der Waals surface area contributed by atoms with Crippen molar-refractivity contribution in [2.45, 2.75) is 25.8 Å². The number of furan rings is 1. The van der Waals surface area contributed by atoms with Crippen LogP contribution in [0.3, 0.4) is 0 Å². The normalized spacial score (nSPS) is 12.6. The number of carboxylic acid groups (broad SMARTS) is 1. The van der Waals surface area contributed by atoms with E-state index >= 15 is 0 Å². The minimum atomic E-state index is -0.868. The molecule has 0 bridgehead atoms. The van der Waals surface area contributed by atoms with Crippen LogP contribution in [0.15, 0.2) is 27.3 Å². The van der Waals surface area contributed by atoms with Crippen molar-refractivity contribution in [3.8, 4) is 0 Å². The topological polar surface area (TPSA) is 79.5 Å². The first-order valence-corrected chi connectivity index (χ1v) is 6.22. The number of aliphatic carboxylic acids is 1. The van der Waals surface area contributed by atoms with Crippen molar-refractivity contribution < 1.29 is 19.1 Å². The number of carboxylic acids is 1. The van der Waals surface area contributed by atoms with E-state index in [9.17, 15) is 9.59 Å². The molecule has 1 amide bonds. The van der Waals surface area contributed by atoms with Crippen molar-refractivity contribution in [1.29, 1.82) is 0 Å². The van der Waals surface area contributed by atoms with Crippen molar-refractivity contribution >= 4 is 33.9 Å². The largest absolute Gasteiger partial charge is 0.481 e. The van der Waals surface area contributed by atoms with Crippen molar-refractivity contribution in [3.05, 3.63) is 28.6 Å². The molecule has 1 heterocycles.